The molecule has 0 nitrogen and oxygen atoms in total. The fraction of sp³-hybridized carbons (Fsp3) is 0.273. The van der Waals surface area contributed by atoms with Crippen LogP contribution in [0.3, 0.4) is 0 Å². The molecule has 2 aromatic rings. The Morgan fingerprint density at radius 3 is 1.50 bits per heavy atom. The molecular formula is C22H23Cl4SiZr. The zero-order valence-corrected chi connectivity index (χ0v) is 23.0. The number of hydrogen-bond donors (Lipinski definition) is 0. The average molecular weight is 549 g/mol. The standard InChI is InChI=1S/2C10H8Cl.C2H7Si.2ClH.Zr/c2*1-7-5-8-3-2-4-10(11)9(8)6-7;1-3-2;;;/h2*2-6H,1H3;3H,1-2H3;2*1H;/q;;;;;+2/p-2. The van der Waals surface area contributed by atoms with Crippen LogP contribution in [0.15, 0.2) is 47.5 Å². The van der Waals surface area contributed by atoms with Gasteiger partial charge in [0, 0.05) is 0 Å². The molecule has 0 N–H and O–H groups in total. The van der Waals surface area contributed by atoms with E-state index in [9.17, 15) is 0 Å². The van der Waals surface area contributed by atoms with E-state index in [2.05, 4.69) is 51.2 Å². The van der Waals surface area contributed by atoms with Gasteiger partial charge in [-0.1, -0.05) is 0 Å². The Morgan fingerprint density at radius 2 is 1.14 bits per heavy atom. The van der Waals surface area contributed by atoms with Crippen molar-refractivity contribution >= 4 is 58.3 Å². The summed E-state index contributed by atoms with van der Waals surface area (Å²) in [6.45, 7) is 9.00. The van der Waals surface area contributed by atoms with Crippen LogP contribution in [-0.4, -0.2) is 5.92 Å². The predicted molar refractivity (Wildman–Crippen MR) is 126 cm³/mol. The van der Waals surface area contributed by atoms with Gasteiger partial charge < -0.3 is 0 Å². The van der Waals surface area contributed by atoms with Gasteiger partial charge in [0.1, 0.15) is 0 Å². The van der Waals surface area contributed by atoms with Crippen molar-refractivity contribution in [2.45, 2.75) is 34.2 Å². The van der Waals surface area contributed by atoms with Crippen molar-refractivity contribution in [2.24, 2.45) is 0 Å². The third-order valence-electron chi connectivity index (χ3n) is 6.66. The quantitative estimate of drug-likeness (QED) is 0.337. The van der Waals surface area contributed by atoms with Gasteiger partial charge in [-0.2, -0.15) is 0 Å². The molecule has 0 aliphatic heterocycles. The minimum absolute atomic E-state index is 0.0865. The van der Waals surface area contributed by atoms with Crippen LogP contribution in [0.2, 0.25) is 23.1 Å². The van der Waals surface area contributed by atoms with Gasteiger partial charge in [0.25, 0.3) is 0 Å². The van der Waals surface area contributed by atoms with E-state index in [1.807, 2.05) is 24.3 Å². The van der Waals surface area contributed by atoms with E-state index in [1.165, 1.54) is 22.3 Å². The molecule has 0 radical (unpaired) electrons. The van der Waals surface area contributed by atoms with Gasteiger partial charge in [-0.25, -0.2) is 0 Å². The maximum absolute atomic E-state index is 7.96. The Kier molecular flexibility index (Phi) is 5.44. The summed E-state index contributed by atoms with van der Waals surface area (Å²) in [5, 5.41) is 1.55. The third kappa shape index (κ3) is 2.86. The molecule has 0 bridgehead atoms. The summed E-state index contributed by atoms with van der Waals surface area (Å²) in [7, 11) is 15.9. The first kappa shape index (κ1) is 21.4. The summed E-state index contributed by atoms with van der Waals surface area (Å²) < 4.78 is 0.173. The van der Waals surface area contributed by atoms with Crippen molar-refractivity contribution in [2.75, 3.05) is 0 Å². The van der Waals surface area contributed by atoms with Crippen LogP contribution in [-0.2, 0) is 15.6 Å². The Bertz CT molecular complexity index is 977. The van der Waals surface area contributed by atoms with Crippen molar-refractivity contribution in [3.05, 3.63) is 79.8 Å². The fourth-order valence-corrected chi connectivity index (χ4v) is 38.7. The number of hydrogen-bond acceptors (Lipinski definition) is 0. The van der Waals surface area contributed by atoms with E-state index >= 15 is 0 Å². The molecular weight excluding hydrogens is 525 g/mol. The Labute approximate surface area is 186 Å². The third-order valence-corrected chi connectivity index (χ3v) is 59.6. The zero-order valence-electron chi connectivity index (χ0n) is 16.4. The molecule has 0 spiro atoms. The first-order chi connectivity index (χ1) is 13.1. The van der Waals surface area contributed by atoms with E-state index in [0.29, 0.717) is 0 Å². The molecule has 0 amide bonds. The normalized spacial score (nSPS) is 22.4. The summed E-state index contributed by atoms with van der Waals surface area (Å²) in [5.74, 6) is -1.47. The van der Waals surface area contributed by atoms with Crippen LogP contribution in [0.1, 0.15) is 43.4 Å². The number of benzene rings is 2. The van der Waals surface area contributed by atoms with E-state index < -0.39 is 21.5 Å². The predicted octanol–water partition coefficient (Wildman–Crippen LogP) is 8.59. The van der Waals surface area contributed by atoms with Crippen LogP contribution < -0.4 is 0 Å². The Balaban J connectivity index is 2.01. The van der Waals surface area contributed by atoms with Crippen LogP contribution in [0, 0.1) is 0 Å². The summed E-state index contributed by atoms with van der Waals surface area (Å²) in [6, 6.07) is 12.3. The molecule has 2 aliphatic carbocycles. The fourth-order valence-electron chi connectivity index (χ4n) is 5.33. The van der Waals surface area contributed by atoms with E-state index in [4.69, 9.17) is 40.2 Å². The molecule has 147 valence electrons. The molecule has 2 unspecified atom stereocenters. The van der Waals surface area contributed by atoms with Gasteiger partial charge >= 0.3 is 188 Å². The first-order valence-electron chi connectivity index (χ1n) is 9.57. The molecule has 0 saturated heterocycles. The van der Waals surface area contributed by atoms with Gasteiger partial charge in [0.05, 0.1) is 0 Å². The second-order valence-electron chi connectivity index (χ2n) is 8.51. The van der Waals surface area contributed by atoms with Crippen molar-refractivity contribution in [3.63, 3.8) is 0 Å². The Hall–Kier alpha value is 0.180. The Morgan fingerprint density at radius 1 is 0.750 bits per heavy atom. The maximum atomic E-state index is 7.96. The van der Waals surface area contributed by atoms with E-state index in [0.717, 1.165) is 21.2 Å². The van der Waals surface area contributed by atoms with Crippen LogP contribution in [0.5, 0.6) is 0 Å². The zero-order chi connectivity index (χ0) is 20.5. The van der Waals surface area contributed by atoms with Crippen LogP contribution in [0.4, 0.5) is 0 Å². The number of fused-ring (bicyclic) bond motifs is 2. The van der Waals surface area contributed by atoms with Gasteiger partial charge in [0.15, 0.2) is 0 Å². The molecule has 4 rings (SSSR count). The molecule has 0 heterocycles. The van der Waals surface area contributed by atoms with Crippen molar-refractivity contribution < 1.29 is 15.6 Å². The molecule has 0 fully saturated rings. The molecule has 2 aliphatic rings. The van der Waals surface area contributed by atoms with E-state index in [-0.39, 0.29) is 7.25 Å². The van der Waals surface area contributed by atoms with E-state index in [1.54, 1.807) is 0 Å². The summed E-state index contributed by atoms with van der Waals surface area (Å²) in [5.41, 5.74) is 7.12. The van der Waals surface area contributed by atoms with Crippen LogP contribution >= 0.6 is 40.2 Å². The second-order valence-corrected chi connectivity index (χ2v) is 51.8. The van der Waals surface area contributed by atoms with Crippen molar-refractivity contribution in [1.29, 1.82) is 0 Å². The summed E-state index contributed by atoms with van der Waals surface area (Å²) >= 11 is 8.60. The minimum atomic E-state index is -4.48. The molecule has 2 atom stereocenters. The van der Waals surface area contributed by atoms with Crippen molar-refractivity contribution in [3.8, 4) is 0 Å². The topological polar surface area (TPSA) is 0 Å². The molecule has 6 heteroatoms. The van der Waals surface area contributed by atoms with Gasteiger partial charge in [-0.05, 0) is 0 Å². The van der Waals surface area contributed by atoms with Crippen molar-refractivity contribution in [1.82, 2.24) is 0 Å². The van der Waals surface area contributed by atoms with Gasteiger partial charge in [-0.15, -0.1) is 0 Å². The molecule has 28 heavy (non-hydrogen) atoms. The molecule has 0 aromatic heterocycles. The number of rotatable bonds is 3. The SMILES string of the molecule is CC1=Cc2c(Cl)cccc2[CH]1[Zr]([Cl])([Cl])([CH]1C(C)=Cc2c(Cl)cccc21)[SiH](C)C. The van der Waals surface area contributed by atoms with Gasteiger partial charge in [0.2, 0.25) is 0 Å². The first-order valence-corrected chi connectivity index (χ1v) is 26.6. The summed E-state index contributed by atoms with van der Waals surface area (Å²) in [6.07, 6.45) is 4.40. The van der Waals surface area contributed by atoms with Gasteiger partial charge in [-0.3, -0.25) is 0 Å². The second kappa shape index (κ2) is 7.11. The molecule has 2 aromatic carbocycles. The summed E-state index contributed by atoms with van der Waals surface area (Å²) in [4.78, 5) is 0. The number of halogens is 4. The van der Waals surface area contributed by atoms with Crippen LogP contribution in [0.25, 0.3) is 12.2 Å². The molecule has 0 saturated carbocycles. The average Bonchev–Trinajstić information content (AvgIpc) is 3.14. The monoisotopic (exact) mass is 545 g/mol. The number of allylic oxidation sites excluding steroid dienone is 2.